The van der Waals surface area contributed by atoms with Crippen LogP contribution in [0, 0.1) is 6.92 Å². The second-order valence-corrected chi connectivity index (χ2v) is 9.33. The van der Waals surface area contributed by atoms with E-state index in [4.69, 9.17) is 9.97 Å². The third kappa shape index (κ3) is 5.84. The summed E-state index contributed by atoms with van der Waals surface area (Å²) in [5, 5.41) is 1.11. The summed E-state index contributed by atoms with van der Waals surface area (Å²) >= 11 is 0. The molecule has 2 heteroatoms. The molecule has 0 aliphatic rings. The van der Waals surface area contributed by atoms with Crippen molar-refractivity contribution in [1.29, 1.82) is 0 Å². The minimum atomic E-state index is 0.787. The highest BCUT2D eigenvalue weighted by Gasteiger charge is 2.08. The van der Waals surface area contributed by atoms with Crippen molar-refractivity contribution in [3.63, 3.8) is 0 Å². The van der Waals surface area contributed by atoms with Crippen LogP contribution >= 0.6 is 0 Å². The van der Waals surface area contributed by atoms with Crippen molar-refractivity contribution in [3.8, 4) is 22.5 Å². The molecule has 0 spiro atoms. The number of nitrogens with zero attached hydrogens (tertiary/aromatic N) is 2. The maximum absolute atomic E-state index is 4.83. The second kappa shape index (κ2) is 11.1. The van der Waals surface area contributed by atoms with Crippen LogP contribution in [0.1, 0.15) is 42.5 Å². The Balaban J connectivity index is 1.23. The van der Waals surface area contributed by atoms with Gasteiger partial charge in [0.1, 0.15) is 0 Å². The van der Waals surface area contributed by atoms with Crippen molar-refractivity contribution < 1.29 is 0 Å². The summed E-state index contributed by atoms with van der Waals surface area (Å²) in [6, 6.07) is 36.6. The molecule has 1 heterocycles. The molecule has 0 fully saturated rings. The predicted octanol–water partition coefficient (Wildman–Crippen LogP) is 8.62. The van der Waals surface area contributed by atoms with Gasteiger partial charge < -0.3 is 0 Å². The zero-order valence-electron chi connectivity index (χ0n) is 20.5. The van der Waals surface area contributed by atoms with Crippen molar-refractivity contribution >= 4 is 10.9 Å². The Morgan fingerprint density at radius 3 is 1.97 bits per heavy atom. The molecule has 174 valence electrons. The third-order valence-corrected chi connectivity index (χ3v) is 6.70. The van der Waals surface area contributed by atoms with Crippen molar-refractivity contribution in [2.75, 3.05) is 0 Å². The number of fused-ring (bicyclic) bond motifs is 1. The molecule has 5 aromatic rings. The van der Waals surface area contributed by atoms with Crippen LogP contribution in [-0.4, -0.2) is 9.97 Å². The van der Waals surface area contributed by atoms with Gasteiger partial charge in [0.05, 0.1) is 5.52 Å². The molecule has 0 radical (unpaired) electrons. The lowest BCUT2D eigenvalue weighted by Gasteiger charge is -2.09. The van der Waals surface area contributed by atoms with Gasteiger partial charge in [-0.1, -0.05) is 104 Å². The van der Waals surface area contributed by atoms with E-state index in [0.717, 1.165) is 34.4 Å². The fraction of sp³-hybridized carbons (Fsp3) is 0.212. The van der Waals surface area contributed by atoms with Crippen molar-refractivity contribution in [2.24, 2.45) is 0 Å². The van der Waals surface area contributed by atoms with Gasteiger partial charge >= 0.3 is 0 Å². The molecule has 4 aromatic carbocycles. The summed E-state index contributed by atoms with van der Waals surface area (Å²) < 4.78 is 0. The molecule has 35 heavy (non-hydrogen) atoms. The molecule has 0 unspecified atom stereocenters. The largest absolute Gasteiger partial charge is 0.233 e. The fourth-order valence-corrected chi connectivity index (χ4v) is 4.77. The lowest BCUT2D eigenvalue weighted by atomic mass is 9.98. The zero-order valence-corrected chi connectivity index (χ0v) is 20.5. The quantitative estimate of drug-likeness (QED) is 0.207. The van der Waals surface area contributed by atoms with Gasteiger partial charge in [-0.05, 0) is 67.0 Å². The maximum Gasteiger partial charge on any atom is 0.160 e. The Morgan fingerprint density at radius 2 is 1.14 bits per heavy atom. The normalized spacial score (nSPS) is 11.1. The monoisotopic (exact) mass is 456 g/mol. The molecule has 0 saturated heterocycles. The molecule has 0 atom stereocenters. The Labute approximate surface area is 208 Å². The van der Waals surface area contributed by atoms with E-state index < -0.39 is 0 Å². The number of aromatic nitrogens is 2. The van der Waals surface area contributed by atoms with Gasteiger partial charge in [-0.3, -0.25) is 0 Å². The summed E-state index contributed by atoms with van der Waals surface area (Å²) in [7, 11) is 0. The van der Waals surface area contributed by atoms with Gasteiger partial charge in [0, 0.05) is 16.6 Å². The Hall–Kier alpha value is -3.78. The first-order valence-electron chi connectivity index (χ1n) is 12.7. The number of para-hydroxylation sites is 1. The van der Waals surface area contributed by atoms with Crippen LogP contribution in [0.4, 0.5) is 0 Å². The molecular formula is C33H32N2. The molecule has 2 nitrogen and oxygen atoms in total. The van der Waals surface area contributed by atoms with E-state index in [0.29, 0.717) is 0 Å². The Bertz CT molecular complexity index is 1410. The number of aryl methyl sites for hydroxylation is 3. The van der Waals surface area contributed by atoms with Gasteiger partial charge in [0.25, 0.3) is 0 Å². The lowest BCUT2D eigenvalue weighted by Crippen LogP contribution is -1.94. The van der Waals surface area contributed by atoms with Crippen LogP contribution in [0.15, 0.2) is 103 Å². The number of hydrogen-bond donors (Lipinski definition) is 0. The average Bonchev–Trinajstić information content (AvgIpc) is 2.91. The van der Waals surface area contributed by atoms with Gasteiger partial charge in [-0.25, -0.2) is 9.97 Å². The van der Waals surface area contributed by atoms with Crippen LogP contribution in [0.25, 0.3) is 33.4 Å². The lowest BCUT2D eigenvalue weighted by molar-refractivity contribution is 0.640. The summed E-state index contributed by atoms with van der Waals surface area (Å²) in [5.41, 5.74) is 8.39. The van der Waals surface area contributed by atoms with Crippen LogP contribution in [-0.2, 0) is 12.8 Å². The summed E-state index contributed by atoms with van der Waals surface area (Å²) in [6.07, 6.45) is 7.40. The van der Waals surface area contributed by atoms with Crippen molar-refractivity contribution in [2.45, 2.75) is 45.4 Å². The third-order valence-electron chi connectivity index (χ3n) is 6.70. The zero-order chi connectivity index (χ0) is 23.9. The highest BCUT2D eigenvalue weighted by Crippen LogP contribution is 2.27. The highest BCUT2D eigenvalue weighted by molar-refractivity contribution is 5.83. The van der Waals surface area contributed by atoms with Crippen molar-refractivity contribution in [3.05, 3.63) is 120 Å². The maximum atomic E-state index is 4.83. The standard InChI is InChI=1S/C33H32N2/c1-25-31-21-9-10-22-32(31)35-33(34-25)30-20-12-19-29(24-30)28-18-11-17-27(23-28)16-6-3-2-5-13-26-14-7-4-8-15-26/h4,7-12,14-15,17-24H,2-3,5-6,13,16H2,1H3. The fourth-order valence-electron chi connectivity index (χ4n) is 4.77. The smallest absolute Gasteiger partial charge is 0.160 e. The van der Waals surface area contributed by atoms with Crippen molar-refractivity contribution in [1.82, 2.24) is 9.97 Å². The highest BCUT2D eigenvalue weighted by atomic mass is 14.9. The van der Waals surface area contributed by atoms with Gasteiger partial charge in [0.15, 0.2) is 5.82 Å². The Morgan fingerprint density at radius 1 is 0.514 bits per heavy atom. The second-order valence-electron chi connectivity index (χ2n) is 9.33. The van der Waals surface area contributed by atoms with Crippen LogP contribution in [0.3, 0.4) is 0 Å². The van der Waals surface area contributed by atoms with Gasteiger partial charge in [0.2, 0.25) is 0 Å². The minimum absolute atomic E-state index is 0.787. The van der Waals surface area contributed by atoms with E-state index in [1.807, 2.05) is 12.1 Å². The summed E-state index contributed by atoms with van der Waals surface area (Å²) in [6.45, 7) is 2.06. The van der Waals surface area contributed by atoms with E-state index in [1.165, 1.54) is 54.4 Å². The van der Waals surface area contributed by atoms with E-state index >= 15 is 0 Å². The first kappa shape index (κ1) is 23.0. The van der Waals surface area contributed by atoms with Crippen LogP contribution in [0.5, 0.6) is 0 Å². The predicted molar refractivity (Wildman–Crippen MR) is 147 cm³/mol. The molecule has 1 aromatic heterocycles. The summed E-state index contributed by atoms with van der Waals surface area (Å²) in [4.78, 5) is 9.63. The van der Waals surface area contributed by atoms with E-state index in [2.05, 4.69) is 97.9 Å². The molecule has 0 amide bonds. The SMILES string of the molecule is Cc1nc(-c2cccc(-c3cccc(CCCCCCc4ccccc4)c3)c2)nc2ccccc12. The number of hydrogen-bond acceptors (Lipinski definition) is 2. The molecule has 0 bridgehead atoms. The molecular weight excluding hydrogens is 424 g/mol. The first-order chi connectivity index (χ1) is 17.3. The molecule has 0 saturated carbocycles. The van der Waals surface area contributed by atoms with E-state index in [-0.39, 0.29) is 0 Å². The summed E-state index contributed by atoms with van der Waals surface area (Å²) in [5.74, 6) is 0.787. The average molecular weight is 457 g/mol. The topological polar surface area (TPSA) is 25.8 Å². The van der Waals surface area contributed by atoms with Gasteiger partial charge in [-0.15, -0.1) is 0 Å². The Kier molecular flexibility index (Phi) is 7.29. The van der Waals surface area contributed by atoms with Gasteiger partial charge in [-0.2, -0.15) is 0 Å². The van der Waals surface area contributed by atoms with Crippen LogP contribution in [0.2, 0.25) is 0 Å². The molecule has 0 N–H and O–H groups in total. The van der Waals surface area contributed by atoms with E-state index in [1.54, 1.807) is 0 Å². The molecule has 0 aliphatic carbocycles. The van der Waals surface area contributed by atoms with Crippen LogP contribution < -0.4 is 0 Å². The number of unbranched alkanes of at least 4 members (excludes halogenated alkanes) is 3. The minimum Gasteiger partial charge on any atom is -0.233 e. The number of benzene rings is 4. The molecule has 0 aliphatic heterocycles. The van der Waals surface area contributed by atoms with E-state index in [9.17, 15) is 0 Å². The first-order valence-corrected chi connectivity index (χ1v) is 12.7. The molecule has 5 rings (SSSR count). The number of rotatable bonds is 9.